The fourth-order valence-corrected chi connectivity index (χ4v) is 4.00. The van der Waals surface area contributed by atoms with Crippen molar-refractivity contribution in [3.8, 4) is 5.75 Å². The van der Waals surface area contributed by atoms with Crippen molar-refractivity contribution in [3.05, 3.63) is 41.7 Å². The fraction of sp³-hybridized carbons (Fsp3) is 0.524. The molecule has 0 N–H and O–H groups in total. The highest BCUT2D eigenvalue weighted by Gasteiger charge is 2.47. The van der Waals surface area contributed by atoms with Crippen molar-refractivity contribution in [3.63, 3.8) is 0 Å². The van der Waals surface area contributed by atoms with Crippen molar-refractivity contribution < 1.29 is 27.8 Å². The molecule has 2 fully saturated rings. The Hall–Kier alpha value is -3.08. The van der Waals surface area contributed by atoms with Gasteiger partial charge in [-0.2, -0.15) is 0 Å². The van der Waals surface area contributed by atoms with Crippen LogP contribution >= 0.6 is 0 Å². The molecule has 1 aromatic heterocycles. The molecule has 11 heteroatoms. The predicted molar refractivity (Wildman–Crippen MR) is 109 cm³/mol. The zero-order valence-electron chi connectivity index (χ0n) is 17.7. The van der Waals surface area contributed by atoms with Gasteiger partial charge in [0.25, 0.3) is 11.8 Å². The molecule has 9 nitrogen and oxygen atoms in total. The van der Waals surface area contributed by atoms with Crippen LogP contribution in [0.3, 0.4) is 0 Å². The molecule has 0 radical (unpaired) electrons. The molecule has 0 spiro atoms. The minimum Gasteiger partial charge on any atom is -0.497 e. The van der Waals surface area contributed by atoms with Gasteiger partial charge in [-0.05, 0) is 17.7 Å². The number of hydrogen-bond donors (Lipinski definition) is 0. The zero-order valence-corrected chi connectivity index (χ0v) is 17.7. The third-order valence-corrected chi connectivity index (χ3v) is 5.67. The van der Waals surface area contributed by atoms with Gasteiger partial charge >= 0.3 is 0 Å². The van der Waals surface area contributed by atoms with E-state index < -0.39 is 24.9 Å². The van der Waals surface area contributed by atoms with Crippen molar-refractivity contribution in [2.24, 2.45) is 0 Å². The molecule has 1 atom stereocenters. The highest BCUT2D eigenvalue weighted by Crippen LogP contribution is 2.33. The highest BCUT2D eigenvalue weighted by molar-refractivity contribution is 5.92. The lowest BCUT2D eigenvalue weighted by molar-refractivity contribution is -0.132. The Kier molecular flexibility index (Phi) is 6.35. The molecule has 1 unspecified atom stereocenters. The molecule has 0 saturated carbocycles. The molecule has 0 aliphatic carbocycles. The van der Waals surface area contributed by atoms with Crippen LogP contribution in [0.4, 0.5) is 8.78 Å². The average Bonchev–Trinajstić information content (AvgIpc) is 3.38. The number of morpholine rings is 1. The van der Waals surface area contributed by atoms with Crippen molar-refractivity contribution >= 4 is 11.8 Å². The number of methoxy groups -OCH3 is 1. The van der Waals surface area contributed by atoms with Gasteiger partial charge in [-0.3, -0.25) is 9.59 Å². The smallest absolute Gasteiger partial charge is 0.276 e. The third kappa shape index (κ3) is 5.04. The second-order valence-electron chi connectivity index (χ2n) is 7.99. The third-order valence-electron chi connectivity index (χ3n) is 5.67. The number of likely N-dealkylation sites (tertiary alicyclic amines) is 1. The van der Waals surface area contributed by atoms with E-state index in [-0.39, 0.29) is 30.5 Å². The van der Waals surface area contributed by atoms with E-state index in [2.05, 4.69) is 10.3 Å². The second-order valence-corrected chi connectivity index (χ2v) is 7.99. The van der Waals surface area contributed by atoms with E-state index in [9.17, 15) is 18.4 Å². The summed E-state index contributed by atoms with van der Waals surface area (Å²) in [6, 6.07) is 6.17. The summed E-state index contributed by atoms with van der Waals surface area (Å²) in [7, 11) is 1.54. The van der Waals surface area contributed by atoms with E-state index >= 15 is 0 Å². The van der Waals surface area contributed by atoms with Crippen molar-refractivity contribution in [1.82, 2.24) is 24.8 Å². The van der Waals surface area contributed by atoms with Crippen molar-refractivity contribution in [1.29, 1.82) is 0 Å². The largest absolute Gasteiger partial charge is 0.497 e. The minimum absolute atomic E-state index is 0.00863. The molecule has 32 heavy (non-hydrogen) atoms. The number of ether oxygens (including phenoxy) is 2. The first kappa shape index (κ1) is 22.1. The van der Waals surface area contributed by atoms with E-state index in [0.717, 1.165) is 0 Å². The van der Waals surface area contributed by atoms with Gasteiger partial charge in [0, 0.05) is 19.5 Å². The molecule has 0 bridgehead atoms. The number of hydrogen-bond acceptors (Lipinski definition) is 6. The first-order valence-electron chi connectivity index (χ1n) is 10.4. The van der Waals surface area contributed by atoms with Gasteiger partial charge in [0.2, 0.25) is 5.91 Å². The molecule has 2 aromatic rings. The van der Waals surface area contributed by atoms with E-state index in [0.29, 0.717) is 37.6 Å². The number of rotatable bonds is 6. The lowest BCUT2D eigenvalue weighted by Gasteiger charge is -2.25. The molecular formula is C21H25F2N5O4. The summed E-state index contributed by atoms with van der Waals surface area (Å²) >= 11 is 0. The first-order valence-corrected chi connectivity index (χ1v) is 10.4. The molecule has 1 aromatic carbocycles. The Balaban J connectivity index is 1.42. The van der Waals surface area contributed by atoms with Crippen LogP contribution in [0.1, 0.15) is 22.5 Å². The van der Waals surface area contributed by atoms with Crippen LogP contribution in [0.2, 0.25) is 0 Å². The van der Waals surface area contributed by atoms with E-state index in [4.69, 9.17) is 9.47 Å². The summed E-state index contributed by atoms with van der Waals surface area (Å²) in [4.78, 5) is 28.2. The average molecular weight is 449 g/mol. The van der Waals surface area contributed by atoms with Crippen molar-refractivity contribution in [2.75, 3.05) is 40.0 Å². The van der Waals surface area contributed by atoms with Gasteiger partial charge in [0.05, 0.1) is 52.1 Å². The van der Waals surface area contributed by atoms with Crippen molar-refractivity contribution in [2.45, 2.75) is 31.4 Å². The van der Waals surface area contributed by atoms with Gasteiger partial charge in [0.15, 0.2) is 5.69 Å². The van der Waals surface area contributed by atoms with Crippen LogP contribution in [0.25, 0.3) is 0 Å². The molecule has 2 amide bonds. The van der Waals surface area contributed by atoms with Crippen LogP contribution in [-0.2, 0) is 22.5 Å². The number of alkyl halides is 2. The number of amides is 2. The maximum Gasteiger partial charge on any atom is 0.276 e. The summed E-state index contributed by atoms with van der Waals surface area (Å²) in [5.74, 6) is -2.99. The van der Waals surface area contributed by atoms with Gasteiger partial charge in [-0.25, -0.2) is 13.5 Å². The van der Waals surface area contributed by atoms with Gasteiger partial charge < -0.3 is 19.3 Å². The van der Waals surface area contributed by atoms with Crippen LogP contribution in [0.15, 0.2) is 30.5 Å². The van der Waals surface area contributed by atoms with E-state index in [1.54, 1.807) is 36.3 Å². The van der Waals surface area contributed by atoms with Crippen LogP contribution in [0, 0.1) is 0 Å². The maximum absolute atomic E-state index is 14.2. The maximum atomic E-state index is 14.2. The number of halogens is 2. The lowest BCUT2D eigenvalue weighted by atomic mass is 10.1. The van der Waals surface area contributed by atoms with Crippen LogP contribution in [-0.4, -0.2) is 88.5 Å². The quantitative estimate of drug-likeness (QED) is 0.659. The summed E-state index contributed by atoms with van der Waals surface area (Å²) in [6.45, 7) is 1.25. The van der Waals surface area contributed by atoms with Crippen LogP contribution < -0.4 is 4.74 Å². The molecule has 2 aliphatic heterocycles. The number of aromatic nitrogens is 3. The summed E-state index contributed by atoms with van der Waals surface area (Å²) < 4.78 is 40.1. The summed E-state index contributed by atoms with van der Waals surface area (Å²) in [5.41, 5.74) is 0.858. The van der Waals surface area contributed by atoms with Crippen LogP contribution in [0.5, 0.6) is 5.75 Å². The second kappa shape index (κ2) is 9.19. The fourth-order valence-electron chi connectivity index (χ4n) is 4.00. The molecule has 172 valence electrons. The minimum atomic E-state index is -2.98. The molecule has 2 saturated heterocycles. The standard InChI is InChI=1S/C21H25F2N5O4/c1-31-17-4-2-15(3-5-17)10-19(29)28-14-21(22,23)11-16(28)12-27-13-18(24-25-27)20(30)26-6-8-32-9-7-26/h2-5,13,16H,6-12,14H2,1H3. The monoisotopic (exact) mass is 449 g/mol. The Morgan fingerprint density at radius 3 is 2.62 bits per heavy atom. The summed E-state index contributed by atoms with van der Waals surface area (Å²) in [6.07, 6.45) is 0.989. The Morgan fingerprint density at radius 1 is 1.22 bits per heavy atom. The first-order chi connectivity index (χ1) is 15.3. The topological polar surface area (TPSA) is 89.8 Å². The van der Waals surface area contributed by atoms with E-state index in [1.807, 2.05) is 0 Å². The Labute approximate surface area is 183 Å². The van der Waals surface area contributed by atoms with E-state index in [1.165, 1.54) is 15.8 Å². The number of carbonyl (C=O) groups excluding carboxylic acids is 2. The van der Waals surface area contributed by atoms with Gasteiger partial charge in [-0.1, -0.05) is 17.3 Å². The SMILES string of the molecule is COc1ccc(CC(=O)N2CC(F)(F)CC2Cn2cc(C(=O)N3CCOCC3)nn2)cc1. The van der Waals surface area contributed by atoms with Gasteiger partial charge in [-0.15, -0.1) is 5.10 Å². The Morgan fingerprint density at radius 2 is 1.94 bits per heavy atom. The molecule has 4 rings (SSSR count). The number of carbonyl (C=O) groups is 2. The molecule has 2 aliphatic rings. The Bertz CT molecular complexity index is 959. The normalized spacial score (nSPS) is 20.4. The highest BCUT2D eigenvalue weighted by atomic mass is 19.3. The number of benzene rings is 1. The summed E-state index contributed by atoms with van der Waals surface area (Å²) in [5, 5.41) is 7.83. The molecule has 3 heterocycles. The zero-order chi connectivity index (χ0) is 22.7. The predicted octanol–water partition coefficient (Wildman–Crippen LogP) is 1.24. The number of nitrogens with zero attached hydrogens (tertiary/aromatic N) is 5. The van der Waals surface area contributed by atoms with Gasteiger partial charge in [0.1, 0.15) is 5.75 Å². The molecular weight excluding hydrogens is 424 g/mol. The lowest BCUT2D eigenvalue weighted by Crippen LogP contribution is -2.41.